The van der Waals surface area contributed by atoms with Gasteiger partial charge in [-0.25, -0.2) is 0 Å². The monoisotopic (exact) mass is 783 g/mol. The van der Waals surface area contributed by atoms with Crippen molar-refractivity contribution in [3.05, 3.63) is 154 Å². The van der Waals surface area contributed by atoms with Gasteiger partial charge in [-0.05, 0) is 151 Å². The van der Waals surface area contributed by atoms with Gasteiger partial charge >= 0.3 is 0 Å². The molecule has 4 atom stereocenters. The number of anilines is 7. The third-order valence-corrected chi connectivity index (χ3v) is 17.3. The van der Waals surface area contributed by atoms with Gasteiger partial charge in [0.25, 0.3) is 6.71 Å². The second-order valence-corrected chi connectivity index (χ2v) is 21.3. The maximum Gasteiger partial charge on any atom is 0.252 e. The van der Waals surface area contributed by atoms with Crippen molar-refractivity contribution >= 4 is 62.9 Å². The number of para-hydroxylation sites is 1. The highest BCUT2D eigenvalue weighted by atomic mass is 15.3. The Kier molecular flexibility index (Phi) is 7.19. The summed E-state index contributed by atoms with van der Waals surface area (Å²) in [5.74, 6) is 0. The van der Waals surface area contributed by atoms with Crippen LogP contribution in [0.3, 0.4) is 0 Å². The molecule has 300 valence electrons. The molecule has 0 N–H and O–H groups in total. The van der Waals surface area contributed by atoms with E-state index in [0.29, 0.717) is 0 Å². The van der Waals surface area contributed by atoms with Gasteiger partial charge in [-0.15, -0.1) is 0 Å². The molecular formula is C56H58BN3. The van der Waals surface area contributed by atoms with Crippen LogP contribution in [0.25, 0.3) is 0 Å². The van der Waals surface area contributed by atoms with E-state index >= 15 is 0 Å². The highest BCUT2D eigenvalue weighted by Gasteiger charge is 2.63. The molecule has 12 rings (SSSR count). The van der Waals surface area contributed by atoms with Crippen LogP contribution in [0.1, 0.15) is 120 Å². The van der Waals surface area contributed by atoms with Gasteiger partial charge in [0.15, 0.2) is 0 Å². The Morgan fingerprint density at radius 1 is 0.550 bits per heavy atom. The van der Waals surface area contributed by atoms with E-state index in [1.807, 2.05) is 0 Å². The lowest BCUT2D eigenvalue weighted by Gasteiger charge is -2.54. The average molecular weight is 784 g/mol. The summed E-state index contributed by atoms with van der Waals surface area (Å²) >= 11 is 0. The Hall–Kier alpha value is -5.22. The lowest BCUT2D eigenvalue weighted by molar-refractivity contribution is 0.195. The zero-order chi connectivity index (χ0) is 41.3. The molecule has 60 heavy (non-hydrogen) atoms. The van der Waals surface area contributed by atoms with Gasteiger partial charge in [-0.2, -0.15) is 0 Å². The van der Waals surface area contributed by atoms with Gasteiger partial charge in [-0.3, -0.25) is 0 Å². The van der Waals surface area contributed by atoms with Gasteiger partial charge < -0.3 is 14.7 Å². The number of rotatable bonds is 2. The molecular weight excluding hydrogens is 725 g/mol. The Morgan fingerprint density at radius 2 is 1.30 bits per heavy atom. The zero-order valence-corrected chi connectivity index (χ0v) is 37.1. The van der Waals surface area contributed by atoms with Crippen molar-refractivity contribution in [1.29, 1.82) is 0 Å². The highest BCUT2D eigenvalue weighted by molar-refractivity contribution is 7.00. The quantitative estimate of drug-likeness (QED) is 0.162. The van der Waals surface area contributed by atoms with E-state index in [2.05, 4.69) is 192 Å². The molecule has 4 unspecified atom stereocenters. The fraction of sp³-hybridized carbons (Fsp3) is 0.357. The van der Waals surface area contributed by atoms with Crippen molar-refractivity contribution in [2.24, 2.45) is 0 Å². The first kappa shape index (κ1) is 36.6. The average Bonchev–Trinajstić information content (AvgIpc) is 3.57. The van der Waals surface area contributed by atoms with Crippen LogP contribution < -0.4 is 31.1 Å². The van der Waals surface area contributed by atoms with E-state index in [4.69, 9.17) is 0 Å². The minimum Gasteiger partial charge on any atom is -0.335 e. The smallest absolute Gasteiger partial charge is 0.252 e. The van der Waals surface area contributed by atoms with Crippen LogP contribution >= 0.6 is 0 Å². The predicted molar refractivity (Wildman–Crippen MR) is 255 cm³/mol. The SMILES string of the molecule is Cc1cccc(N2c3cc(C)ccc3B3c4cccc5c4N(c4cc(N6c7ccc(C(C)(C)C)cc7C7(C)CCc8ccccc8C67C)cc2c43)C2(C)CCCCC52C)c1. The number of benzene rings is 6. The van der Waals surface area contributed by atoms with Crippen molar-refractivity contribution in [1.82, 2.24) is 0 Å². The molecule has 1 fully saturated rings. The summed E-state index contributed by atoms with van der Waals surface area (Å²) in [7, 11) is 0. The Bertz CT molecular complexity index is 2850. The van der Waals surface area contributed by atoms with E-state index in [-0.39, 0.29) is 34.0 Å². The standard InChI is InChI=1S/C56H58BN3/c1-35-16-14-18-39(30-35)58-47-31-36(2)22-24-44(47)57-45-21-15-20-42-51(45)60(55(8)28-13-12-27-53(42,55)6)49-34-40(33-48(58)50(49)57)59-46-25-23-38(52(3,4)5)32-43(46)54(7)29-26-37-17-10-11-19-41(37)56(54,59)9/h10-11,14-25,30-34H,12-13,26-29H2,1-9H3. The molecule has 1 saturated carbocycles. The Labute approximate surface area is 358 Å². The molecule has 0 bridgehead atoms. The molecule has 0 aromatic heterocycles. The second-order valence-electron chi connectivity index (χ2n) is 21.3. The predicted octanol–water partition coefficient (Wildman–Crippen LogP) is 12.2. The van der Waals surface area contributed by atoms with Crippen molar-refractivity contribution in [3.63, 3.8) is 0 Å². The third-order valence-electron chi connectivity index (χ3n) is 17.3. The van der Waals surface area contributed by atoms with Crippen LogP contribution in [0.2, 0.25) is 0 Å². The van der Waals surface area contributed by atoms with Gasteiger partial charge in [0, 0.05) is 50.6 Å². The summed E-state index contributed by atoms with van der Waals surface area (Å²) in [6.45, 7) is 22.1. The molecule has 0 amide bonds. The number of hydrogen-bond donors (Lipinski definition) is 0. The first-order valence-electron chi connectivity index (χ1n) is 22.8. The fourth-order valence-electron chi connectivity index (χ4n) is 13.7. The van der Waals surface area contributed by atoms with Gasteiger partial charge in [0.2, 0.25) is 0 Å². The topological polar surface area (TPSA) is 9.72 Å². The van der Waals surface area contributed by atoms with Crippen molar-refractivity contribution in [2.45, 2.75) is 128 Å². The Balaban J connectivity index is 1.22. The molecule has 6 aromatic rings. The van der Waals surface area contributed by atoms with E-state index in [0.717, 1.165) is 12.8 Å². The number of hydrogen-bond acceptors (Lipinski definition) is 3. The molecule has 4 heterocycles. The van der Waals surface area contributed by atoms with Gasteiger partial charge in [0.05, 0.1) is 11.1 Å². The summed E-state index contributed by atoms with van der Waals surface area (Å²) in [5.41, 5.74) is 23.3. The van der Waals surface area contributed by atoms with Crippen LogP contribution in [-0.4, -0.2) is 12.3 Å². The summed E-state index contributed by atoms with van der Waals surface area (Å²) in [6, 6.07) is 46.0. The largest absolute Gasteiger partial charge is 0.335 e. The number of fused-ring (bicyclic) bond motifs is 12. The summed E-state index contributed by atoms with van der Waals surface area (Å²) in [5, 5.41) is 0. The summed E-state index contributed by atoms with van der Waals surface area (Å²) in [4.78, 5) is 8.36. The maximum atomic E-state index is 2.90. The van der Waals surface area contributed by atoms with E-state index in [1.165, 1.54) is 115 Å². The summed E-state index contributed by atoms with van der Waals surface area (Å²) in [6.07, 6.45) is 7.15. The zero-order valence-electron chi connectivity index (χ0n) is 37.1. The van der Waals surface area contributed by atoms with E-state index in [9.17, 15) is 0 Å². The van der Waals surface area contributed by atoms with E-state index in [1.54, 1.807) is 5.56 Å². The van der Waals surface area contributed by atoms with Crippen molar-refractivity contribution in [3.8, 4) is 0 Å². The Morgan fingerprint density at radius 3 is 2.12 bits per heavy atom. The van der Waals surface area contributed by atoms with Crippen LogP contribution in [0.15, 0.2) is 115 Å². The molecule has 4 heteroatoms. The van der Waals surface area contributed by atoms with Crippen LogP contribution in [-0.2, 0) is 28.2 Å². The minimum absolute atomic E-state index is 0.0512. The maximum absolute atomic E-state index is 2.90. The molecule has 3 nitrogen and oxygen atoms in total. The molecule has 2 aliphatic carbocycles. The lowest BCUT2D eigenvalue weighted by Crippen LogP contribution is -2.64. The first-order valence-corrected chi connectivity index (χ1v) is 22.8. The third kappa shape index (κ3) is 4.33. The minimum atomic E-state index is -0.315. The van der Waals surface area contributed by atoms with Crippen LogP contribution in [0, 0.1) is 13.8 Å². The highest BCUT2D eigenvalue weighted by Crippen LogP contribution is 2.66. The molecule has 6 aromatic carbocycles. The molecule has 6 aliphatic rings. The normalized spacial score (nSPS) is 26.5. The molecule has 4 aliphatic heterocycles. The van der Waals surface area contributed by atoms with E-state index < -0.39 is 0 Å². The first-order chi connectivity index (χ1) is 28.7. The fourth-order valence-corrected chi connectivity index (χ4v) is 13.7. The van der Waals surface area contributed by atoms with Gasteiger partial charge in [-0.1, -0.05) is 126 Å². The number of nitrogens with zero attached hydrogens (tertiary/aromatic N) is 3. The van der Waals surface area contributed by atoms with Crippen molar-refractivity contribution in [2.75, 3.05) is 14.7 Å². The lowest BCUT2D eigenvalue weighted by atomic mass is 9.33. The number of aryl methyl sites for hydroxylation is 3. The molecule has 0 radical (unpaired) electrons. The molecule has 0 spiro atoms. The van der Waals surface area contributed by atoms with Crippen LogP contribution in [0.5, 0.6) is 0 Å². The van der Waals surface area contributed by atoms with Crippen LogP contribution in [0.4, 0.5) is 39.8 Å². The van der Waals surface area contributed by atoms with Gasteiger partial charge in [0.1, 0.15) is 0 Å². The summed E-state index contributed by atoms with van der Waals surface area (Å²) < 4.78 is 0. The molecule has 0 saturated heterocycles. The second kappa shape index (κ2) is 11.8. The van der Waals surface area contributed by atoms with Crippen molar-refractivity contribution < 1.29 is 0 Å².